The van der Waals surface area contributed by atoms with Gasteiger partial charge in [-0.2, -0.15) is 13.2 Å². The van der Waals surface area contributed by atoms with Crippen molar-refractivity contribution < 1.29 is 31.1 Å². The first-order chi connectivity index (χ1) is 12.6. The van der Waals surface area contributed by atoms with Crippen molar-refractivity contribution in [2.45, 2.75) is 16.3 Å². The van der Waals surface area contributed by atoms with E-state index in [1.165, 1.54) is 36.3 Å². The number of sulfone groups is 1. The molecule has 1 saturated heterocycles. The minimum atomic E-state index is -4.48. The van der Waals surface area contributed by atoms with Crippen LogP contribution in [0.25, 0.3) is 0 Å². The maximum atomic E-state index is 12.6. The Hall–Kier alpha value is -2.55. The van der Waals surface area contributed by atoms with Crippen LogP contribution in [-0.4, -0.2) is 44.7 Å². The van der Waals surface area contributed by atoms with Gasteiger partial charge in [0.15, 0.2) is 9.84 Å². The number of nitrogens with zero attached hydrogens (tertiary/aromatic N) is 1. The van der Waals surface area contributed by atoms with Crippen molar-refractivity contribution in [1.29, 1.82) is 0 Å². The Kier molecular flexibility index (Phi) is 4.90. The van der Waals surface area contributed by atoms with Crippen LogP contribution in [0, 0.1) is 0 Å². The van der Waals surface area contributed by atoms with Gasteiger partial charge in [-0.05, 0) is 48.5 Å². The Morgan fingerprint density at radius 2 is 1.59 bits per heavy atom. The van der Waals surface area contributed by atoms with Crippen LogP contribution in [0.5, 0.6) is 5.75 Å². The van der Waals surface area contributed by atoms with Gasteiger partial charge in [0.25, 0.3) is 5.91 Å². The number of hydrogen-bond acceptors (Lipinski definition) is 4. The molecule has 1 amide bonds. The molecule has 1 heterocycles. The first-order valence-electron chi connectivity index (χ1n) is 7.97. The first kappa shape index (κ1) is 19.2. The van der Waals surface area contributed by atoms with Crippen molar-refractivity contribution in [1.82, 2.24) is 4.90 Å². The van der Waals surface area contributed by atoms with Crippen molar-refractivity contribution in [3.8, 4) is 5.75 Å². The number of carbonyl (C=O) groups excluding carboxylic acids is 1. The van der Waals surface area contributed by atoms with Crippen molar-refractivity contribution in [2.24, 2.45) is 0 Å². The van der Waals surface area contributed by atoms with Crippen LogP contribution >= 0.6 is 0 Å². The summed E-state index contributed by atoms with van der Waals surface area (Å²) in [4.78, 5) is 13.7. The van der Waals surface area contributed by atoms with Crippen LogP contribution in [0.2, 0.25) is 0 Å². The molecular weight excluding hydrogens is 383 g/mol. The predicted octanol–water partition coefficient (Wildman–Crippen LogP) is 3.01. The van der Waals surface area contributed by atoms with Gasteiger partial charge >= 0.3 is 6.18 Å². The summed E-state index contributed by atoms with van der Waals surface area (Å²) in [5, 5.41) is -0.746. The summed E-state index contributed by atoms with van der Waals surface area (Å²) in [6, 6.07) is 9.81. The third kappa shape index (κ3) is 3.78. The van der Waals surface area contributed by atoms with Crippen LogP contribution in [0.4, 0.5) is 13.2 Å². The van der Waals surface area contributed by atoms with Gasteiger partial charge < -0.3 is 9.64 Å². The van der Waals surface area contributed by atoms with E-state index in [9.17, 15) is 26.4 Å². The van der Waals surface area contributed by atoms with Crippen molar-refractivity contribution in [3.05, 3.63) is 59.7 Å². The Morgan fingerprint density at radius 1 is 1.04 bits per heavy atom. The number of benzene rings is 2. The number of ether oxygens (including phenoxy) is 1. The summed E-state index contributed by atoms with van der Waals surface area (Å²) in [7, 11) is -2.13. The first-order valence-corrected chi connectivity index (χ1v) is 9.52. The fourth-order valence-electron chi connectivity index (χ4n) is 2.74. The molecule has 9 heteroatoms. The number of carbonyl (C=O) groups is 1. The van der Waals surface area contributed by atoms with E-state index in [1.807, 2.05) is 0 Å². The zero-order chi connectivity index (χ0) is 19.8. The summed E-state index contributed by atoms with van der Waals surface area (Å²) >= 11 is 0. The monoisotopic (exact) mass is 399 g/mol. The van der Waals surface area contributed by atoms with Crippen molar-refractivity contribution in [2.75, 3.05) is 20.2 Å². The smallest absolute Gasteiger partial charge is 0.416 e. The van der Waals surface area contributed by atoms with E-state index in [0.717, 1.165) is 24.3 Å². The van der Waals surface area contributed by atoms with Crippen LogP contribution in [0.15, 0.2) is 53.4 Å². The lowest BCUT2D eigenvalue weighted by molar-refractivity contribution is -0.137. The zero-order valence-electron chi connectivity index (χ0n) is 14.2. The van der Waals surface area contributed by atoms with Gasteiger partial charge in [-0.25, -0.2) is 8.42 Å². The highest BCUT2D eigenvalue weighted by Gasteiger charge is 2.41. The summed E-state index contributed by atoms with van der Waals surface area (Å²) in [6.07, 6.45) is -4.48. The Morgan fingerprint density at radius 3 is 2.07 bits per heavy atom. The Balaban J connectivity index is 1.66. The summed E-state index contributed by atoms with van der Waals surface area (Å²) in [5.41, 5.74) is -0.758. The third-order valence-electron chi connectivity index (χ3n) is 4.42. The number of halogens is 3. The molecule has 5 nitrogen and oxygen atoms in total. The third-order valence-corrected chi connectivity index (χ3v) is 6.53. The minimum Gasteiger partial charge on any atom is -0.497 e. The van der Waals surface area contributed by atoms with Gasteiger partial charge in [-0.3, -0.25) is 4.79 Å². The predicted molar refractivity (Wildman–Crippen MR) is 91.3 cm³/mol. The summed E-state index contributed by atoms with van der Waals surface area (Å²) in [5.74, 6) is 0.0339. The molecular formula is C18H16F3NO4S. The number of hydrogen-bond donors (Lipinski definition) is 0. The van der Waals surface area contributed by atoms with Gasteiger partial charge in [0.1, 0.15) is 11.0 Å². The van der Waals surface area contributed by atoms with Crippen molar-refractivity contribution in [3.63, 3.8) is 0 Å². The van der Waals surface area contributed by atoms with E-state index in [0.29, 0.717) is 5.75 Å². The molecule has 3 rings (SSSR count). The Bertz CT molecular complexity index is 932. The molecule has 1 fully saturated rings. The molecule has 144 valence electrons. The fourth-order valence-corrected chi connectivity index (χ4v) is 4.40. The van der Waals surface area contributed by atoms with Crippen LogP contribution < -0.4 is 4.74 Å². The largest absolute Gasteiger partial charge is 0.497 e. The lowest BCUT2D eigenvalue weighted by atomic mass is 10.1. The lowest BCUT2D eigenvalue weighted by Gasteiger charge is -2.38. The second-order valence-corrected chi connectivity index (χ2v) is 8.36. The van der Waals surface area contributed by atoms with E-state index in [1.54, 1.807) is 0 Å². The second-order valence-electron chi connectivity index (χ2n) is 6.13. The highest BCUT2D eigenvalue weighted by atomic mass is 32.2. The van der Waals surface area contributed by atoms with Crippen LogP contribution in [0.1, 0.15) is 15.9 Å². The van der Waals surface area contributed by atoms with E-state index in [-0.39, 0.29) is 23.5 Å². The molecule has 2 aromatic carbocycles. The molecule has 2 aromatic rings. The number of amides is 1. The maximum Gasteiger partial charge on any atom is 0.416 e. The molecule has 0 radical (unpaired) electrons. The number of likely N-dealkylation sites (tertiary alicyclic amines) is 1. The summed E-state index contributed by atoms with van der Waals surface area (Å²) < 4.78 is 67.9. The van der Waals surface area contributed by atoms with E-state index in [4.69, 9.17) is 4.74 Å². The molecule has 0 aromatic heterocycles. The quantitative estimate of drug-likeness (QED) is 0.793. The second kappa shape index (κ2) is 6.88. The molecule has 0 aliphatic carbocycles. The topological polar surface area (TPSA) is 63.7 Å². The zero-order valence-corrected chi connectivity index (χ0v) is 15.0. The van der Waals surface area contributed by atoms with Gasteiger partial charge in [0, 0.05) is 18.7 Å². The molecule has 0 saturated carbocycles. The molecule has 0 spiro atoms. The standard InChI is InChI=1S/C18H16F3NO4S/c1-26-14-6-8-15(9-7-14)27(24,25)16-10-22(11-16)17(23)12-2-4-13(5-3-12)18(19,20)21/h2-9,16H,10-11H2,1H3. The SMILES string of the molecule is COc1ccc(S(=O)(=O)C2CN(C(=O)c3ccc(C(F)(F)F)cc3)C2)cc1. The van der Waals surface area contributed by atoms with Crippen LogP contribution in [-0.2, 0) is 16.0 Å². The molecule has 0 unspecified atom stereocenters. The fraction of sp³-hybridized carbons (Fsp3) is 0.278. The van der Waals surface area contributed by atoms with Gasteiger partial charge in [-0.1, -0.05) is 0 Å². The average molecular weight is 399 g/mol. The average Bonchev–Trinajstić information content (AvgIpc) is 2.59. The summed E-state index contributed by atoms with van der Waals surface area (Å²) in [6.45, 7) is -0.0115. The molecule has 1 aliphatic rings. The van der Waals surface area contributed by atoms with E-state index in [2.05, 4.69) is 0 Å². The Labute approximate surface area is 154 Å². The van der Waals surface area contributed by atoms with E-state index >= 15 is 0 Å². The normalized spacial score (nSPS) is 15.3. The molecule has 0 N–H and O–H groups in total. The molecule has 27 heavy (non-hydrogen) atoms. The minimum absolute atomic E-state index is 0.00574. The molecule has 0 bridgehead atoms. The van der Waals surface area contributed by atoms with Gasteiger partial charge in [0.2, 0.25) is 0 Å². The van der Waals surface area contributed by atoms with Crippen molar-refractivity contribution >= 4 is 15.7 Å². The molecule has 0 atom stereocenters. The van der Waals surface area contributed by atoms with E-state index < -0.39 is 32.7 Å². The van der Waals surface area contributed by atoms with Gasteiger partial charge in [0.05, 0.1) is 17.6 Å². The number of rotatable bonds is 4. The van der Waals surface area contributed by atoms with Gasteiger partial charge in [-0.15, -0.1) is 0 Å². The molecule has 1 aliphatic heterocycles. The lowest BCUT2D eigenvalue weighted by Crippen LogP contribution is -2.56. The highest BCUT2D eigenvalue weighted by molar-refractivity contribution is 7.92. The number of alkyl halides is 3. The number of methoxy groups -OCH3 is 1. The maximum absolute atomic E-state index is 12.6. The van der Waals surface area contributed by atoms with Crippen LogP contribution in [0.3, 0.4) is 0 Å². The highest BCUT2D eigenvalue weighted by Crippen LogP contribution is 2.30.